The predicted octanol–water partition coefficient (Wildman–Crippen LogP) is 5.31. The van der Waals surface area contributed by atoms with Crippen LogP contribution in [0.1, 0.15) is 62.6 Å². The lowest BCUT2D eigenvalue weighted by atomic mass is 9.94. The van der Waals surface area contributed by atoms with E-state index in [2.05, 4.69) is 28.6 Å². The van der Waals surface area contributed by atoms with Crippen molar-refractivity contribution in [2.75, 3.05) is 12.4 Å². The minimum Gasteiger partial charge on any atom is -0.349 e. The molecule has 0 aromatic heterocycles. The van der Waals surface area contributed by atoms with Gasteiger partial charge in [-0.2, -0.15) is 0 Å². The highest BCUT2D eigenvalue weighted by molar-refractivity contribution is 6.30. The summed E-state index contributed by atoms with van der Waals surface area (Å²) in [5.41, 5.74) is 2.78. The van der Waals surface area contributed by atoms with Crippen LogP contribution < -0.4 is 10.6 Å². The molecule has 1 aliphatic rings. The molecule has 1 unspecified atom stereocenters. The van der Waals surface area contributed by atoms with Gasteiger partial charge >= 0.3 is 0 Å². The molecule has 2 aromatic rings. The van der Waals surface area contributed by atoms with Crippen molar-refractivity contribution in [2.45, 2.75) is 64.1 Å². The van der Waals surface area contributed by atoms with Crippen LogP contribution in [0.2, 0.25) is 5.02 Å². The molecule has 0 spiro atoms. The minimum atomic E-state index is -0.410. The molecule has 0 saturated heterocycles. The number of halogens is 1. The van der Waals surface area contributed by atoms with Gasteiger partial charge in [-0.15, -0.1) is 0 Å². The van der Waals surface area contributed by atoms with Crippen molar-refractivity contribution in [3.63, 3.8) is 0 Å². The van der Waals surface area contributed by atoms with Crippen molar-refractivity contribution >= 4 is 29.1 Å². The summed E-state index contributed by atoms with van der Waals surface area (Å²) in [5.74, 6) is -0.316. The quantitative estimate of drug-likeness (QED) is 0.583. The summed E-state index contributed by atoms with van der Waals surface area (Å²) in [7, 11) is 2.17. The number of nitrogens with zero attached hydrogens (tertiary/aromatic N) is 1. The summed E-state index contributed by atoms with van der Waals surface area (Å²) >= 11 is 5.98. The van der Waals surface area contributed by atoms with E-state index in [-0.39, 0.29) is 18.2 Å². The molecule has 5 nitrogen and oxygen atoms in total. The van der Waals surface area contributed by atoms with E-state index in [0.717, 1.165) is 23.4 Å². The van der Waals surface area contributed by atoms with Gasteiger partial charge in [-0.1, -0.05) is 61.2 Å². The van der Waals surface area contributed by atoms with Gasteiger partial charge in [-0.25, -0.2) is 0 Å². The van der Waals surface area contributed by atoms with Gasteiger partial charge in [-0.3, -0.25) is 14.5 Å². The van der Waals surface area contributed by atoms with Crippen LogP contribution in [-0.4, -0.2) is 29.8 Å². The van der Waals surface area contributed by atoms with Gasteiger partial charge in [0.05, 0.1) is 12.5 Å². The molecule has 0 aliphatic heterocycles. The zero-order valence-electron chi connectivity index (χ0n) is 18.4. The highest BCUT2D eigenvalue weighted by Gasteiger charge is 2.21. The SMILES string of the molecule is CC(=O)NC(CC(=O)Nc1ccccc1CN(C)C1CCCCC1)c1ccc(Cl)cc1. The third kappa shape index (κ3) is 7.08. The Kier molecular flexibility index (Phi) is 8.50. The van der Waals surface area contributed by atoms with E-state index < -0.39 is 6.04 Å². The summed E-state index contributed by atoms with van der Waals surface area (Å²) in [4.78, 5) is 27.0. The van der Waals surface area contributed by atoms with Crippen molar-refractivity contribution in [1.29, 1.82) is 0 Å². The van der Waals surface area contributed by atoms with Crippen molar-refractivity contribution in [2.24, 2.45) is 0 Å². The molecule has 1 atom stereocenters. The van der Waals surface area contributed by atoms with Gasteiger partial charge in [0, 0.05) is 30.2 Å². The number of nitrogens with one attached hydrogen (secondary N) is 2. The maximum atomic E-state index is 12.9. The molecular weight excluding hydrogens is 410 g/mol. The van der Waals surface area contributed by atoms with Crippen LogP contribution in [0, 0.1) is 0 Å². The molecule has 2 amide bonds. The number of hydrogen-bond donors (Lipinski definition) is 2. The zero-order valence-corrected chi connectivity index (χ0v) is 19.1. The van der Waals surface area contributed by atoms with Crippen LogP contribution in [0.25, 0.3) is 0 Å². The lowest BCUT2D eigenvalue weighted by Gasteiger charge is -2.31. The predicted molar refractivity (Wildman–Crippen MR) is 126 cm³/mol. The van der Waals surface area contributed by atoms with Crippen LogP contribution in [0.3, 0.4) is 0 Å². The summed E-state index contributed by atoms with van der Waals surface area (Å²) < 4.78 is 0. The van der Waals surface area contributed by atoms with E-state index in [9.17, 15) is 9.59 Å². The van der Waals surface area contributed by atoms with Gasteiger partial charge < -0.3 is 10.6 Å². The van der Waals surface area contributed by atoms with Gasteiger partial charge in [0.2, 0.25) is 11.8 Å². The average molecular weight is 442 g/mol. The second kappa shape index (κ2) is 11.3. The van der Waals surface area contributed by atoms with Crippen LogP contribution in [-0.2, 0) is 16.1 Å². The normalized spacial score (nSPS) is 15.5. The van der Waals surface area contributed by atoms with Crippen molar-refractivity contribution in [1.82, 2.24) is 10.2 Å². The number of amides is 2. The highest BCUT2D eigenvalue weighted by Crippen LogP contribution is 2.26. The van der Waals surface area contributed by atoms with E-state index in [1.165, 1.54) is 39.0 Å². The van der Waals surface area contributed by atoms with E-state index in [1.54, 1.807) is 12.1 Å². The van der Waals surface area contributed by atoms with Gasteiger partial charge in [0.1, 0.15) is 0 Å². The third-order valence-electron chi connectivity index (χ3n) is 5.95. The Labute approximate surface area is 190 Å². The Morgan fingerprint density at radius 2 is 1.74 bits per heavy atom. The van der Waals surface area contributed by atoms with Crippen LogP contribution >= 0.6 is 11.6 Å². The molecule has 1 fully saturated rings. The highest BCUT2D eigenvalue weighted by atomic mass is 35.5. The summed E-state index contributed by atoms with van der Waals surface area (Å²) in [5, 5.41) is 6.55. The molecule has 31 heavy (non-hydrogen) atoms. The summed E-state index contributed by atoms with van der Waals surface area (Å²) in [6.07, 6.45) is 6.55. The molecule has 0 radical (unpaired) electrons. The fraction of sp³-hybridized carbons (Fsp3) is 0.440. The van der Waals surface area contributed by atoms with Crippen LogP contribution in [0.4, 0.5) is 5.69 Å². The van der Waals surface area contributed by atoms with Crippen LogP contribution in [0.5, 0.6) is 0 Å². The third-order valence-corrected chi connectivity index (χ3v) is 6.20. The summed E-state index contributed by atoms with van der Waals surface area (Å²) in [6.45, 7) is 2.25. The average Bonchev–Trinajstić information content (AvgIpc) is 2.75. The molecule has 0 heterocycles. The maximum absolute atomic E-state index is 12.9. The van der Waals surface area contributed by atoms with Crippen molar-refractivity contribution < 1.29 is 9.59 Å². The Hall–Kier alpha value is -2.37. The maximum Gasteiger partial charge on any atom is 0.226 e. The molecule has 2 aromatic carbocycles. The first-order valence-corrected chi connectivity index (χ1v) is 11.4. The monoisotopic (exact) mass is 441 g/mol. The number of anilines is 1. The van der Waals surface area contributed by atoms with Gasteiger partial charge in [0.25, 0.3) is 0 Å². The van der Waals surface area contributed by atoms with E-state index in [0.29, 0.717) is 11.1 Å². The number of carbonyl (C=O) groups is 2. The molecule has 1 aliphatic carbocycles. The topological polar surface area (TPSA) is 61.4 Å². The Bertz CT molecular complexity index is 879. The number of hydrogen-bond acceptors (Lipinski definition) is 3. The Morgan fingerprint density at radius 1 is 1.06 bits per heavy atom. The first kappa shape index (κ1) is 23.3. The summed E-state index contributed by atoms with van der Waals surface area (Å²) in [6, 6.07) is 15.3. The molecule has 3 rings (SSSR count). The number of benzene rings is 2. The number of para-hydroxylation sites is 1. The Balaban J connectivity index is 1.67. The molecular formula is C25H32ClN3O2. The second-order valence-electron chi connectivity index (χ2n) is 8.42. The standard InChI is InChI=1S/C25H32ClN3O2/c1-18(30)27-24(19-12-14-21(26)15-13-19)16-25(31)28-23-11-7-6-8-20(23)17-29(2)22-9-4-3-5-10-22/h6-8,11-15,22,24H,3-5,9-10,16-17H2,1-2H3,(H,27,30)(H,28,31). The largest absolute Gasteiger partial charge is 0.349 e. The lowest BCUT2D eigenvalue weighted by molar-refractivity contribution is -0.120. The smallest absolute Gasteiger partial charge is 0.226 e. The van der Waals surface area contributed by atoms with E-state index >= 15 is 0 Å². The molecule has 0 bridgehead atoms. The van der Waals surface area contributed by atoms with Crippen LogP contribution in [0.15, 0.2) is 48.5 Å². The second-order valence-corrected chi connectivity index (χ2v) is 8.86. The molecule has 2 N–H and O–H groups in total. The fourth-order valence-electron chi connectivity index (χ4n) is 4.28. The lowest BCUT2D eigenvalue weighted by Crippen LogP contribution is -2.33. The van der Waals surface area contributed by atoms with Crippen molar-refractivity contribution in [3.05, 3.63) is 64.7 Å². The van der Waals surface area contributed by atoms with E-state index in [1.807, 2.05) is 30.3 Å². The first-order chi connectivity index (χ1) is 14.9. The van der Waals surface area contributed by atoms with Crippen molar-refractivity contribution in [3.8, 4) is 0 Å². The fourth-order valence-corrected chi connectivity index (χ4v) is 4.41. The molecule has 1 saturated carbocycles. The minimum absolute atomic E-state index is 0.138. The van der Waals surface area contributed by atoms with Gasteiger partial charge in [0.15, 0.2) is 0 Å². The van der Waals surface area contributed by atoms with E-state index in [4.69, 9.17) is 11.6 Å². The zero-order chi connectivity index (χ0) is 22.2. The molecule has 166 valence electrons. The first-order valence-electron chi connectivity index (χ1n) is 11.0. The number of carbonyl (C=O) groups excluding carboxylic acids is 2. The van der Waals surface area contributed by atoms with Gasteiger partial charge in [-0.05, 0) is 49.2 Å². The number of rotatable bonds is 8. The Morgan fingerprint density at radius 3 is 2.42 bits per heavy atom. The molecule has 6 heteroatoms.